The lowest BCUT2D eigenvalue weighted by molar-refractivity contribution is 0.326. The molecular weight excluding hydrogens is 192 g/mol. The first-order valence-corrected chi connectivity index (χ1v) is 5.09. The van der Waals surface area contributed by atoms with Crippen molar-refractivity contribution in [1.29, 1.82) is 0 Å². The Morgan fingerprint density at radius 2 is 2.20 bits per heavy atom. The van der Waals surface area contributed by atoms with Crippen LogP contribution in [0.15, 0.2) is 6.20 Å². The first-order valence-electron chi connectivity index (χ1n) is 5.09. The summed E-state index contributed by atoms with van der Waals surface area (Å²) in [5.41, 5.74) is 2.55. The lowest BCUT2D eigenvalue weighted by Gasteiger charge is -2.01. The molecule has 5 nitrogen and oxygen atoms in total. The molecule has 0 aliphatic heterocycles. The molecule has 0 unspecified atom stereocenters. The molecule has 15 heavy (non-hydrogen) atoms. The van der Waals surface area contributed by atoms with E-state index in [-0.39, 0.29) is 0 Å². The fourth-order valence-corrected chi connectivity index (χ4v) is 1.51. The van der Waals surface area contributed by atoms with Gasteiger partial charge in [-0.2, -0.15) is 10.1 Å². The van der Waals surface area contributed by atoms with Crippen LogP contribution in [-0.2, 0) is 6.54 Å². The number of aryl methyl sites for hydroxylation is 2. The normalized spacial score (nSPS) is 10.9. The van der Waals surface area contributed by atoms with Crippen LogP contribution in [0.3, 0.4) is 0 Å². The number of ether oxygens (including phenoxy) is 1. The molecule has 0 bridgehead atoms. The van der Waals surface area contributed by atoms with Gasteiger partial charge in [0.1, 0.15) is 5.52 Å². The van der Waals surface area contributed by atoms with Crippen molar-refractivity contribution in [3.8, 4) is 5.88 Å². The van der Waals surface area contributed by atoms with Gasteiger partial charge in [-0.25, -0.2) is 9.67 Å². The third-order valence-corrected chi connectivity index (χ3v) is 2.18. The van der Waals surface area contributed by atoms with E-state index in [1.807, 2.05) is 25.5 Å². The number of rotatable bonds is 3. The lowest BCUT2D eigenvalue weighted by atomic mass is 10.4. The quantitative estimate of drug-likeness (QED) is 0.764. The molecular formula is C10H14N4O. The third kappa shape index (κ3) is 1.65. The van der Waals surface area contributed by atoms with E-state index in [0.717, 1.165) is 23.4 Å². The van der Waals surface area contributed by atoms with Gasteiger partial charge in [-0.05, 0) is 20.8 Å². The van der Waals surface area contributed by atoms with Crippen molar-refractivity contribution in [3.05, 3.63) is 11.9 Å². The number of hydrogen-bond acceptors (Lipinski definition) is 4. The Hall–Kier alpha value is -1.65. The molecule has 0 aliphatic rings. The molecule has 2 aromatic rings. The van der Waals surface area contributed by atoms with Gasteiger partial charge >= 0.3 is 0 Å². The van der Waals surface area contributed by atoms with E-state index in [1.54, 1.807) is 6.20 Å². The molecule has 0 saturated heterocycles. The smallest absolute Gasteiger partial charge is 0.234 e. The van der Waals surface area contributed by atoms with Crippen LogP contribution >= 0.6 is 0 Å². The van der Waals surface area contributed by atoms with Gasteiger partial charge in [0.05, 0.1) is 18.5 Å². The maximum Gasteiger partial charge on any atom is 0.234 e. The minimum absolute atomic E-state index is 0.555. The topological polar surface area (TPSA) is 52.8 Å². The first-order chi connectivity index (χ1) is 7.26. The molecule has 0 aliphatic carbocycles. The fraction of sp³-hybridized carbons (Fsp3) is 0.500. The second kappa shape index (κ2) is 3.84. The predicted octanol–water partition coefficient (Wildman–Crippen LogP) is 1.55. The number of nitrogens with zero attached hydrogens (tertiary/aromatic N) is 4. The van der Waals surface area contributed by atoms with Crippen LogP contribution in [0.1, 0.15) is 19.5 Å². The summed E-state index contributed by atoms with van der Waals surface area (Å²) in [5, 5.41) is 4.35. The van der Waals surface area contributed by atoms with E-state index >= 15 is 0 Å². The largest absolute Gasteiger partial charge is 0.477 e. The van der Waals surface area contributed by atoms with Crippen LogP contribution in [0.4, 0.5) is 0 Å². The summed E-state index contributed by atoms with van der Waals surface area (Å²) in [6.45, 7) is 7.27. The van der Waals surface area contributed by atoms with Gasteiger partial charge in [-0.1, -0.05) is 0 Å². The van der Waals surface area contributed by atoms with Crippen molar-refractivity contribution < 1.29 is 4.74 Å². The molecule has 0 amide bonds. The predicted molar refractivity (Wildman–Crippen MR) is 56.9 cm³/mol. The van der Waals surface area contributed by atoms with E-state index < -0.39 is 0 Å². The van der Waals surface area contributed by atoms with Crippen molar-refractivity contribution in [1.82, 2.24) is 19.7 Å². The van der Waals surface area contributed by atoms with Gasteiger partial charge in [0.25, 0.3) is 0 Å². The molecule has 0 aromatic carbocycles. The lowest BCUT2D eigenvalue weighted by Crippen LogP contribution is -2.00. The van der Waals surface area contributed by atoms with Crippen LogP contribution in [0.25, 0.3) is 11.2 Å². The van der Waals surface area contributed by atoms with Crippen molar-refractivity contribution in [2.75, 3.05) is 6.61 Å². The highest BCUT2D eigenvalue weighted by Crippen LogP contribution is 2.16. The molecule has 0 radical (unpaired) electrons. The van der Waals surface area contributed by atoms with Gasteiger partial charge in [-0.3, -0.25) is 0 Å². The molecule has 80 valence electrons. The van der Waals surface area contributed by atoms with Gasteiger partial charge in [0.2, 0.25) is 5.88 Å². The first kappa shape index (κ1) is 9.89. The summed E-state index contributed by atoms with van der Waals surface area (Å²) in [7, 11) is 0. The summed E-state index contributed by atoms with van der Waals surface area (Å²) in [4.78, 5) is 8.67. The standard InChI is InChI=1S/C10H14N4O/c1-4-14-10-9(7(3)13-14)11-6-8(12-10)15-5-2/h6H,4-5H2,1-3H3. The molecule has 0 saturated carbocycles. The van der Waals surface area contributed by atoms with Gasteiger partial charge < -0.3 is 4.74 Å². The van der Waals surface area contributed by atoms with Crippen LogP contribution in [0.5, 0.6) is 5.88 Å². The zero-order valence-electron chi connectivity index (χ0n) is 9.19. The van der Waals surface area contributed by atoms with Crippen LogP contribution in [0.2, 0.25) is 0 Å². The molecule has 0 atom stereocenters. The Morgan fingerprint density at radius 1 is 1.40 bits per heavy atom. The van der Waals surface area contributed by atoms with Gasteiger partial charge in [0.15, 0.2) is 5.65 Å². The monoisotopic (exact) mass is 206 g/mol. The number of aromatic nitrogens is 4. The van der Waals surface area contributed by atoms with Crippen molar-refractivity contribution in [3.63, 3.8) is 0 Å². The summed E-state index contributed by atoms with van der Waals surface area (Å²) in [5.74, 6) is 0.555. The Labute approximate surface area is 88.1 Å². The zero-order valence-corrected chi connectivity index (χ0v) is 9.19. The van der Waals surface area contributed by atoms with E-state index in [2.05, 4.69) is 15.1 Å². The van der Waals surface area contributed by atoms with Crippen LogP contribution < -0.4 is 4.74 Å². The van der Waals surface area contributed by atoms with Crippen LogP contribution in [0, 0.1) is 6.92 Å². The molecule has 5 heteroatoms. The van der Waals surface area contributed by atoms with Crippen LogP contribution in [-0.4, -0.2) is 26.4 Å². The minimum atomic E-state index is 0.555. The van der Waals surface area contributed by atoms with Gasteiger partial charge in [-0.15, -0.1) is 0 Å². The van der Waals surface area contributed by atoms with E-state index in [0.29, 0.717) is 12.5 Å². The Bertz CT molecular complexity index is 477. The van der Waals surface area contributed by atoms with E-state index in [1.165, 1.54) is 0 Å². The molecule has 2 aromatic heterocycles. The number of hydrogen-bond donors (Lipinski definition) is 0. The number of fused-ring (bicyclic) bond motifs is 1. The maximum absolute atomic E-state index is 5.31. The van der Waals surface area contributed by atoms with Gasteiger partial charge in [0, 0.05) is 6.54 Å². The third-order valence-electron chi connectivity index (χ3n) is 2.18. The van der Waals surface area contributed by atoms with E-state index in [9.17, 15) is 0 Å². The summed E-state index contributed by atoms with van der Waals surface area (Å²) in [6, 6.07) is 0. The molecule has 0 N–H and O–H groups in total. The SMILES string of the molecule is CCOc1cnc2c(C)nn(CC)c2n1. The Kier molecular flexibility index (Phi) is 2.53. The Morgan fingerprint density at radius 3 is 2.87 bits per heavy atom. The zero-order chi connectivity index (χ0) is 10.8. The second-order valence-corrected chi connectivity index (χ2v) is 3.21. The molecule has 0 spiro atoms. The van der Waals surface area contributed by atoms with E-state index in [4.69, 9.17) is 4.74 Å². The summed E-state index contributed by atoms with van der Waals surface area (Å²) >= 11 is 0. The van der Waals surface area contributed by atoms with Crippen molar-refractivity contribution in [2.24, 2.45) is 0 Å². The summed E-state index contributed by atoms with van der Waals surface area (Å²) < 4.78 is 7.14. The average Bonchev–Trinajstić information content (AvgIpc) is 2.56. The fourth-order valence-electron chi connectivity index (χ4n) is 1.51. The minimum Gasteiger partial charge on any atom is -0.477 e. The highest BCUT2D eigenvalue weighted by Gasteiger charge is 2.09. The molecule has 0 fully saturated rings. The van der Waals surface area contributed by atoms with Crippen molar-refractivity contribution in [2.45, 2.75) is 27.3 Å². The highest BCUT2D eigenvalue weighted by molar-refractivity contribution is 5.73. The molecule has 2 rings (SSSR count). The Balaban J connectivity index is 2.58. The average molecular weight is 206 g/mol. The summed E-state index contributed by atoms with van der Waals surface area (Å²) in [6.07, 6.45) is 1.64. The highest BCUT2D eigenvalue weighted by atomic mass is 16.5. The second-order valence-electron chi connectivity index (χ2n) is 3.21. The molecule has 2 heterocycles. The van der Waals surface area contributed by atoms with Crippen molar-refractivity contribution >= 4 is 11.2 Å². The maximum atomic E-state index is 5.31.